The lowest BCUT2D eigenvalue weighted by atomic mass is 10.5. The highest BCUT2D eigenvalue weighted by Crippen LogP contribution is 1.83. The normalized spacial score (nSPS) is 8.40. The average Bonchev–Trinajstić information content (AvgIpc) is 1.30. The molecule has 0 bridgehead atoms. The van der Waals surface area contributed by atoms with Crippen molar-refractivity contribution >= 4 is 24.0 Å². The molecule has 0 saturated heterocycles. The lowest BCUT2D eigenvalue weighted by Crippen LogP contribution is -3.00. The van der Waals surface area contributed by atoms with E-state index in [1.165, 1.54) is 0 Å². The van der Waals surface area contributed by atoms with Gasteiger partial charge < -0.3 is 40.3 Å². The topological polar surface area (TPSA) is 61.0 Å². The summed E-state index contributed by atoms with van der Waals surface area (Å²) in [5.74, 6) is 0. The molecule has 3 nitrogen and oxygen atoms in total. The summed E-state index contributed by atoms with van der Waals surface area (Å²) >= 11 is 0. The fourth-order valence-corrected chi connectivity index (χ4v) is 0.387. The van der Waals surface area contributed by atoms with Crippen LogP contribution in [-0.2, 0) is 0 Å². The van der Waals surface area contributed by atoms with Crippen molar-refractivity contribution in [2.45, 2.75) is 0 Å². The van der Waals surface area contributed by atoms with Gasteiger partial charge in [-0.1, -0.05) is 0 Å². The zero-order valence-corrected chi connectivity index (χ0v) is 11.4. The highest BCUT2D eigenvalue weighted by atomic mass is 127. The first-order chi connectivity index (χ1) is 3.06. The number of nitrogens with two attached hydrogens (primary N) is 1. The quantitative estimate of drug-likeness (QED) is 0.412. The molecule has 0 aromatic heterocycles. The van der Waals surface area contributed by atoms with Gasteiger partial charge in [0.1, 0.15) is 0 Å². The van der Waals surface area contributed by atoms with Crippen LogP contribution in [0.5, 0.6) is 0 Å². The second-order valence-corrected chi connectivity index (χ2v) is 2.80. The van der Waals surface area contributed by atoms with Crippen LogP contribution in [0.4, 0.5) is 0 Å². The average molecular weight is 375 g/mol. The van der Waals surface area contributed by atoms with Crippen LogP contribution in [0.15, 0.2) is 0 Å². The Hall–Kier alpha value is 1.34. The van der Waals surface area contributed by atoms with Gasteiger partial charge in [0.15, 0.2) is 0 Å². The summed E-state index contributed by atoms with van der Waals surface area (Å²) in [6.45, 7) is 1.84. The molecule has 0 aliphatic heterocycles. The van der Waals surface area contributed by atoms with Crippen molar-refractivity contribution in [1.82, 2.24) is 6.15 Å². The molecular weight excluding hydrogens is 356 g/mol. The standard InChI is InChI=1S/C5H15N2.2HI.H3N/c1-7(2,3)5-4-6;;;/h4-6H2,1-3H3;2*1H;1H3/q+1;;;/p-1. The van der Waals surface area contributed by atoms with Gasteiger partial charge in [0.25, 0.3) is 0 Å². The summed E-state index contributed by atoms with van der Waals surface area (Å²) in [5.41, 5.74) is 5.30. The third-order valence-corrected chi connectivity index (χ3v) is 0.800. The molecule has 0 radical (unpaired) electrons. The number of nitrogens with zero attached hydrogens (tertiary/aromatic N) is 1. The molecule has 0 rings (SSSR count). The maximum atomic E-state index is 5.30. The molecule has 0 amide bonds. The molecule has 0 heterocycles. The maximum absolute atomic E-state index is 5.30. The lowest BCUT2D eigenvalue weighted by molar-refractivity contribution is -0.868. The lowest BCUT2D eigenvalue weighted by Gasteiger charge is -2.22. The van der Waals surface area contributed by atoms with Crippen LogP contribution in [-0.4, -0.2) is 38.7 Å². The molecule has 0 fully saturated rings. The van der Waals surface area contributed by atoms with E-state index in [9.17, 15) is 0 Å². The van der Waals surface area contributed by atoms with Crippen LogP contribution in [0.3, 0.4) is 0 Å². The van der Waals surface area contributed by atoms with Gasteiger partial charge in [-0.05, 0) is 0 Å². The largest absolute Gasteiger partial charge is 1.00 e. The van der Waals surface area contributed by atoms with Crippen molar-refractivity contribution in [3.05, 3.63) is 0 Å². The predicted molar refractivity (Wildman–Crippen MR) is 52.4 cm³/mol. The molecule has 0 atom stereocenters. The number of halogens is 2. The minimum Gasteiger partial charge on any atom is -1.00 e. The van der Waals surface area contributed by atoms with E-state index in [1.54, 1.807) is 0 Å². The van der Waals surface area contributed by atoms with E-state index in [4.69, 9.17) is 5.73 Å². The molecule has 0 aromatic rings. The Balaban J connectivity index is -0.0000000600. The SMILES string of the molecule is C[N+](C)(C)CCN.I.N.[I-]. The molecule has 0 saturated carbocycles. The van der Waals surface area contributed by atoms with E-state index >= 15 is 0 Å². The summed E-state index contributed by atoms with van der Waals surface area (Å²) < 4.78 is 0.969. The summed E-state index contributed by atoms with van der Waals surface area (Å²) in [6, 6.07) is 0. The van der Waals surface area contributed by atoms with Crippen molar-refractivity contribution in [1.29, 1.82) is 0 Å². The van der Waals surface area contributed by atoms with Gasteiger partial charge >= 0.3 is 0 Å². The van der Waals surface area contributed by atoms with E-state index in [1.807, 2.05) is 0 Å². The Bertz CT molecular complexity index is 53.3. The van der Waals surface area contributed by atoms with E-state index in [0.29, 0.717) is 0 Å². The molecule has 0 aliphatic rings. The van der Waals surface area contributed by atoms with Crippen molar-refractivity contribution in [3.8, 4) is 0 Å². The number of hydrogen-bond donors (Lipinski definition) is 2. The van der Waals surface area contributed by atoms with Crippen molar-refractivity contribution in [2.24, 2.45) is 5.73 Å². The Morgan fingerprint density at radius 3 is 1.50 bits per heavy atom. The number of quaternary nitrogens is 1. The predicted octanol–water partition coefficient (Wildman–Crippen LogP) is -2.56. The van der Waals surface area contributed by atoms with E-state index in [-0.39, 0.29) is 54.1 Å². The zero-order valence-electron chi connectivity index (χ0n) is 6.93. The van der Waals surface area contributed by atoms with Crippen LogP contribution < -0.4 is 35.9 Å². The first kappa shape index (κ1) is 22.5. The van der Waals surface area contributed by atoms with E-state index in [0.717, 1.165) is 17.6 Å². The first-order valence-corrected chi connectivity index (χ1v) is 2.57. The number of hydrogen-bond acceptors (Lipinski definition) is 2. The second kappa shape index (κ2) is 10.3. The van der Waals surface area contributed by atoms with E-state index in [2.05, 4.69) is 21.1 Å². The van der Waals surface area contributed by atoms with Gasteiger partial charge in [-0.25, -0.2) is 0 Å². The molecule has 0 unspecified atom stereocenters. The van der Waals surface area contributed by atoms with Crippen LogP contribution in [0.1, 0.15) is 0 Å². The molecular formula is C5H19I2N3. The molecule has 10 heavy (non-hydrogen) atoms. The first-order valence-electron chi connectivity index (χ1n) is 2.57. The van der Waals surface area contributed by atoms with Crippen molar-refractivity contribution in [3.63, 3.8) is 0 Å². The monoisotopic (exact) mass is 375 g/mol. The molecule has 5 heteroatoms. The van der Waals surface area contributed by atoms with Gasteiger partial charge in [-0.3, -0.25) is 0 Å². The summed E-state index contributed by atoms with van der Waals surface area (Å²) in [7, 11) is 6.40. The number of likely N-dealkylation sites (N-methyl/N-ethyl adjacent to an activating group) is 1. The highest BCUT2D eigenvalue weighted by molar-refractivity contribution is 14.0. The van der Waals surface area contributed by atoms with Gasteiger partial charge in [0, 0.05) is 6.54 Å². The van der Waals surface area contributed by atoms with Gasteiger partial charge in [0.05, 0.1) is 27.7 Å². The molecule has 0 aromatic carbocycles. The minimum absolute atomic E-state index is 0. The smallest absolute Gasteiger partial charge is 0.0905 e. The second-order valence-electron chi connectivity index (χ2n) is 2.80. The Morgan fingerprint density at radius 2 is 1.50 bits per heavy atom. The summed E-state index contributed by atoms with van der Waals surface area (Å²) in [4.78, 5) is 0. The number of rotatable bonds is 2. The molecule has 5 N–H and O–H groups in total. The van der Waals surface area contributed by atoms with Gasteiger partial charge in [-0.15, -0.1) is 24.0 Å². The van der Waals surface area contributed by atoms with Crippen LogP contribution in [0.25, 0.3) is 0 Å². The third-order valence-electron chi connectivity index (χ3n) is 0.800. The molecule has 68 valence electrons. The zero-order chi connectivity index (χ0) is 5.91. The molecule has 0 aliphatic carbocycles. The van der Waals surface area contributed by atoms with Crippen LogP contribution >= 0.6 is 24.0 Å². The summed E-state index contributed by atoms with van der Waals surface area (Å²) in [6.07, 6.45) is 0. The van der Waals surface area contributed by atoms with Crippen LogP contribution in [0.2, 0.25) is 0 Å². The van der Waals surface area contributed by atoms with Crippen molar-refractivity contribution in [2.75, 3.05) is 34.2 Å². The van der Waals surface area contributed by atoms with Gasteiger partial charge in [-0.2, -0.15) is 0 Å². The van der Waals surface area contributed by atoms with E-state index < -0.39 is 0 Å². The van der Waals surface area contributed by atoms with Crippen molar-refractivity contribution < 1.29 is 28.5 Å². The molecule has 0 spiro atoms. The third kappa shape index (κ3) is 22.8. The Kier molecular flexibility index (Phi) is 23.3. The maximum Gasteiger partial charge on any atom is 0.0905 e. The summed E-state index contributed by atoms with van der Waals surface area (Å²) in [5, 5.41) is 0. The fourth-order valence-electron chi connectivity index (χ4n) is 0.387. The highest BCUT2D eigenvalue weighted by Gasteiger charge is 2.01. The fraction of sp³-hybridized carbons (Fsp3) is 1.00. The minimum atomic E-state index is 0. The Labute approximate surface area is 97.9 Å². The Morgan fingerprint density at radius 1 is 1.20 bits per heavy atom. The van der Waals surface area contributed by atoms with Gasteiger partial charge in [0.2, 0.25) is 0 Å². The van der Waals surface area contributed by atoms with Crippen LogP contribution in [0, 0.1) is 0 Å².